The smallest absolute Gasteiger partial charge is 0.343 e. The summed E-state index contributed by atoms with van der Waals surface area (Å²) >= 11 is 0. The van der Waals surface area contributed by atoms with Crippen LogP contribution < -0.4 is 10.5 Å². The highest BCUT2D eigenvalue weighted by Crippen LogP contribution is 2.37. The molecule has 154 valence electrons. The number of rotatable bonds is 10. The number of carbonyl (C=O) groups is 2. The number of allylic oxidation sites excluding steroid dienone is 1. The lowest BCUT2D eigenvalue weighted by molar-refractivity contribution is -0.142. The Hall–Kier alpha value is -3.08. The van der Waals surface area contributed by atoms with Gasteiger partial charge in [0.15, 0.2) is 6.61 Å². The summed E-state index contributed by atoms with van der Waals surface area (Å²) in [7, 11) is 1.32. The van der Waals surface area contributed by atoms with Crippen molar-refractivity contribution in [3.8, 4) is 5.75 Å². The first kappa shape index (κ1) is 22.2. The number of ether oxygens (including phenoxy) is 2. The molecule has 0 aliphatic carbocycles. The molecule has 2 aromatic carbocycles. The summed E-state index contributed by atoms with van der Waals surface area (Å²) in [4.78, 5) is 23.3. The molecule has 1 amide bonds. The SMILES string of the molecule is CC/C=C(\CC(N)=O)c1c(OCC(=O)OC)cccc1C(C)Cc1ccccc1. The molecule has 0 radical (unpaired) electrons. The predicted octanol–water partition coefficient (Wildman–Crippen LogP) is 4.25. The molecule has 0 spiro atoms. The maximum absolute atomic E-state index is 11.7. The van der Waals surface area contributed by atoms with E-state index >= 15 is 0 Å². The van der Waals surface area contributed by atoms with Crippen molar-refractivity contribution in [1.82, 2.24) is 0 Å². The highest BCUT2D eigenvalue weighted by molar-refractivity contribution is 5.90. The largest absolute Gasteiger partial charge is 0.481 e. The average Bonchev–Trinajstić information content (AvgIpc) is 2.71. The van der Waals surface area contributed by atoms with Crippen LogP contribution in [0.4, 0.5) is 0 Å². The second kappa shape index (κ2) is 11.1. The Balaban J connectivity index is 2.49. The average molecular weight is 395 g/mol. The molecule has 0 aromatic heterocycles. The number of hydrogen-bond donors (Lipinski definition) is 1. The molecule has 0 saturated carbocycles. The first-order valence-electron chi connectivity index (χ1n) is 9.80. The van der Waals surface area contributed by atoms with Gasteiger partial charge in [0.25, 0.3) is 0 Å². The lowest BCUT2D eigenvalue weighted by atomic mass is 9.86. The topological polar surface area (TPSA) is 78.6 Å². The summed E-state index contributed by atoms with van der Waals surface area (Å²) in [6.07, 6.45) is 3.69. The maximum atomic E-state index is 11.7. The molecule has 0 aliphatic rings. The van der Waals surface area contributed by atoms with E-state index in [1.54, 1.807) is 0 Å². The molecular formula is C24H29NO4. The van der Waals surface area contributed by atoms with E-state index < -0.39 is 11.9 Å². The monoisotopic (exact) mass is 395 g/mol. The number of primary amides is 1. The highest BCUT2D eigenvalue weighted by atomic mass is 16.6. The second-order valence-corrected chi connectivity index (χ2v) is 6.96. The summed E-state index contributed by atoms with van der Waals surface area (Å²) < 4.78 is 10.5. The Morgan fingerprint density at radius 3 is 2.45 bits per heavy atom. The molecule has 0 aliphatic heterocycles. The molecule has 2 N–H and O–H groups in total. The summed E-state index contributed by atoms with van der Waals surface area (Å²) in [6.45, 7) is 3.95. The van der Waals surface area contributed by atoms with Gasteiger partial charge in [-0.2, -0.15) is 0 Å². The van der Waals surface area contributed by atoms with E-state index in [4.69, 9.17) is 10.5 Å². The standard InChI is InChI=1S/C24H29NO4/c1-4-9-19(15-22(25)26)24-20(17(2)14-18-10-6-5-7-11-18)12-8-13-21(24)29-16-23(27)28-3/h5-13,17H,4,14-16H2,1-3H3,(H2,25,26)/b19-9+. The Kier molecular flexibility index (Phi) is 8.46. The van der Waals surface area contributed by atoms with E-state index in [1.165, 1.54) is 12.7 Å². The Morgan fingerprint density at radius 1 is 1.10 bits per heavy atom. The lowest BCUT2D eigenvalue weighted by Gasteiger charge is -2.22. The van der Waals surface area contributed by atoms with Gasteiger partial charge in [-0.15, -0.1) is 0 Å². The highest BCUT2D eigenvalue weighted by Gasteiger charge is 2.20. The van der Waals surface area contributed by atoms with Crippen molar-refractivity contribution in [3.63, 3.8) is 0 Å². The molecule has 0 bridgehead atoms. The van der Waals surface area contributed by atoms with E-state index in [0.717, 1.165) is 29.5 Å². The van der Waals surface area contributed by atoms with Crippen molar-refractivity contribution in [3.05, 3.63) is 71.3 Å². The van der Waals surface area contributed by atoms with E-state index in [9.17, 15) is 9.59 Å². The first-order valence-corrected chi connectivity index (χ1v) is 9.80. The van der Waals surface area contributed by atoms with Gasteiger partial charge in [-0.25, -0.2) is 4.79 Å². The first-order chi connectivity index (χ1) is 14.0. The third-order valence-electron chi connectivity index (χ3n) is 4.68. The molecule has 5 heteroatoms. The molecule has 2 aromatic rings. The fourth-order valence-electron chi connectivity index (χ4n) is 3.39. The Morgan fingerprint density at radius 2 is 1.83 bits per heavy atom. The molecule has 2 rings (SSSR count). The van der Waals surface area contributed by atoms with Crippen LogP contribution in [0.5, 0.6) is 5.75 Å². The quantitative estimate of drug-likeness (QED) is 0.610. The maximum Gasteiger partial charge on any atom is 0.343 e. The van der Waals surface area contributed by atoms with E-state index in [-0.39, 0.29) is 18.9 Å². The molecule has 1 unspecified atom stereocenters. The van der Waals surface area contributed by atoms with Crippen molar-refractivity contribution in [2.24, 2.45) is 5.73 Å². The molecule has 5 nitrogen and oxygen atoms in total. The van der Waals surface area contributed by atoms with Crippen LogP contribution in [0.1, 0.15) is 49.3 Å². The lowest BCUT2D eigenvalue weighted by Crippen LogP contribution is -2.16. The van der Waals surface area contributed by atoms with Crippen molar-refractivity contribution in [2.45, 2.75) is 39.0 Å². The minimum absolute atomic E-state index is 0.109. The number of amides is 1. The molecule has 0 heterocycles. The molecule has 0 fully saturated rings. The summed E-state index contributed by atoms with van der Waals surface area (Å²) in [5.41, 5.74) is 9.44. The van der Waals surface area contributed by atoms with Gasteiger partial charge in [0.1, 0.15) is 5.75 Å². The van der Waals surface area contributed by atoms with E-state index in [0.29, 0.717) is 5.75 Å². The van der Waals surface area contributed by atoms with Crippen molar-refractivity contribution in [2.75, 3.05) is 13.7 Å². The Bertz CT molecular complexity index is 858. The van der Waals surface area contributed by atoms with Crippen molar-refractivity contribution >= 4 is 17.4 Å². The number of esters is 1. The van der Waals surface area contributed by atoms with Gasteiger partial charge >= 0.3 is 5.97 Å². The fraction of sp³-hybridized carbons (Fsp3) is 0.333. The summed E-state index contributed by atoms with van der Waals surface area (Å²) in [6, 6.07) is 16.0. The number of carbonyl (C=O) groups excluding carboxylic acids is 2. The van der Waals surface area contributed by atoms with Crippen LogP contribution in [0.2, 0.25) is 0 Å². The minimum Gasteiger partial charge on any atom is -0.481 e. The molecular weight excluding hydrogens is 366 g/mol. The zero-order chi connectivity index (χ0) is 21.2. The molecule has 0 saturated heterocycles. The van der Waals surface area contributed by atoms with Gasteiger partial charge in [0, 0.05) is 5.56 Å². The fourth-order valence-corrected chi connectivity index (χ4v) is 3.39. The van der Waals surface area contributed by atoms with Crippen LogP contribution in [0.15, 0.2) is 54.6 Å². The summed E-state index contributed by atoms with van der Waals surface area (Å²) in [5.74, 6) is -0.153. The molecule has 1 atom stereocenters. The zero-order valence-corrected chi connectivity index (χ0v) is 17.3. The molecule has 29 heavy (non-hydrogen) atoms. The van der Waals surface area contributed by atoms with Crippen molar-refractivity contribution in [1.29, 1.82) is 0 Å². The van der Waals surface area contributed by atoms with Crippen LogP contribution in [-0.4, -0.2) is 25.6 Å². The number of benzene rings is 2. The van der Waals surface area contributed by atoms with Crippen LogP contribution >= 0.6 is 0 Å². The Labute approximate surface area is 172 Å². The van der Waals surface area contributed by atoms with Gasteiger partial charge < -0.3 is 15.2 Å². The zero-order valence-electron chi connectivity index (χ0n) is 17.3. The third-order valence-corrected chi connectivity index (χ3v) is 4.68. The van der Waals surface area contributed by atoms with Gasteiger partial charge in [-0.1, -0.05) is 62.4 Å². The van der Waals surface area contributed by atoms with Gasteiger partial charge in [0.05, 0.1) is 13.5 Å². The number of nitrogens with two attached hydrogens (primary N) is 1. The van der Waals surface area contributed by atoms with E-state index in [2.05, 4.69) is 23.8 Å². The van der Waals surface area contributed by atoms with Crippen LogP contribution in [-0.2, 0) is 20.7 Å². The van der Waals surface area contributed by atoms with Gasteiger partial charge in [-0.05, 0) is 41.5 Å². The van der Waals surface area contributed by atoms with Crippen LogP contribution in [0.25, 0.3) is 5.57 Å². The van der Waals surface area contributed by atoms with Gasteiger partial charge in [-0.3, -0.25) is 4.79 Å². The van der Waals surface area contributed by atoms with Gasteiger partial charge in [0.2, 0.25) is 5.91 Å². The normalized spacial score (nSPS) is 12.3. The van der Waals surface area contributed by atoms with Crippen molar-refractivity contribution < 1.29 is 19.1 Å². The second-order valence-electron chi connectivity index (χ2n) is 6.96. The van der Waals surface area contributed by atoms with Crippen LogP contribution in [0.3, 0.4) is 0 Å². The predicted molar refractivity (Wildman–Crippen MR) is 115 cm³/mol. The number of hydrogen-bond acceptors (Lipinski definition) is 4. The van der Waals surface area contributed by atoms with Crippen LogP contribution in [0, 0.1) is 0 Å². The number of methoxy groups -OCH3 is 1. The van der Waals surface area contributed by atoms with E-state index in [1.807, 2.05) is 49.4 Å². The third kappa shape index (κ3) is 6.49. The minimum atomic E-state index is -0.463. The summed E-state index contributed by atoms with van der Waals surface area (Å²) in [5, 5.41) is 0.